The summed E-state index contributed by atoms with van der Waals surface area (Å²) in [5.41, 5.74) is -0.357. The van der Waals surface area contributed by atoms with Crippen molar-refractivity contribution < 1.29 is 0 Å². The summed E-state index contributed by atoms with van der Waals surface area (Å²) < 4.78 is 2.45. The largest absolute Gasteiger partial charge is 0.331 e. The first-order chi connectivity index (χ1) is 6.65. The lowest BCUT2D eigenvalue weighted by Crippen LogP contribution is -2.34. The highest BCUT2D eigenvalue weighted by Crippen LogP contribution is 1.99. The standard InChI is InChI=1S/C7H7ClN4O2/c1-11-3-9-5-4(11)6(13)12(2-8)7(14)10-5/h3H,2H2,1H3,(H,10,14). The van der Waals surface area contributed by atoms with E-state index in [9.17, 15) is 9.59 Å². The van der Waals surface area contributed by atoms with Crippen LogP contribution in [0.15, 0.2) is 15.9 Å². The number of imidazole rings is 1. The van der Waals surface area contributed by atoms with Gasteiger partial charge < -0.3 is 4.57 Å². The molecule has 0 bridgehead atoms. The summed E-state index contributed by atoms with van der Waals surface area (Å²) in [5.74, 6) is 0. The Bertz CT molecular complexity index is 594. The number of nitrogens with one attached hydrogen (secondary N) is 1. The average molecular weight is 215 g/mol. The van der Waals surface area contributed by atoms with Gasteiger partial charge in [0.2, 0.25) is 0 Å². The molecule has 0 aliphatic carbocycles. The fourth-order valence-electron chi connectivity index (χ4n) is 1.27. The molecule has 0 amide bonds. The lowest BCUT2D eigenvalue weighted by molar-refractivity contribution is 0.761. The highest BCUT2D eigenvalue weighted by atomic mass is 35.5. The number of hydrogen-bond acceptors (Lipinski definition) is 3. The number of halogens is 1. The Balaban J connectivity index is 3.05. The highest BCUT2D eigenvalue weighted by molar-refractivity contribution is 6.15. The van der Waals surface area contributed by atoms with Crippen molar-refractivity contribution in [2.75, 3.05) is 0 Å². The summed E-state index contributed by atoms with van der Waals surface area (Å²) in [6.07, 6.45) is 1.46. The second kappa shape index (κ2) is 2.98. The minimum absolute atomic E-state index is 0.171. The third kappa shape index (κ3) is 1.07. The topological polar surface area (TPSA) is 72.7 Å². The molecule has 2 rings (SSSR count). The molecule has 2 heterocycles. The van der Waals surface area contributed by atoms with Crippen molar-refractivity contribution in [1.82, 2.24) is 19.1 Å². The molecule has 74 valence electrons. The molecule has 0 spiro atoms. The molecule has 7 heteroatoms. The second-order valence-corrected chi connectivity index (χ2v) is 3.07. The number of fused-ring (bicyclic) bond motifs is 1. The Morgan fingerprint density at radius 2 is 2.29 bits per heavy atom. The van der Waals surface area contributed by atoms with E-state index in [1.165, 1.54) is 10.9 Å². The summed E-state index contributed by atoms with van der Waals surface area (Å²) >= 11 is 5.47. The molecule has 0 fully saturated rings. The minimum Gasteiger partial charge on any atom is -0.328 e. The molecule has 6 nitrogen and oxygen atoms in total. The molecule has 0 saturated heterocycles. The molecule has 0 aliphatic heterocycles. The molecule has 0 aliphatic rings. The summed E-state index contributed by atoms with van der Waals surface area (Å²) in [6, 6.07) is -0.171. The van der Waals surface area contributed by atoms with Crippen LogP contribution >= 0.6 is 11.6 Å². The van der Waals surface area contributed by atoms with Gasteiger partial charge in [0.1, 0.15) is 6.00 Å². The monoisotopic (exact) mass is 214 g/mol. The van der Waals surface area contributed by atoms with Gasteiger partial charge in [0.25, 0.3) is 5.56 Å². The fraction of sp³-hybridized carbons (Fsp3) is 0.286. The van der Waals surface area contributed by atoms with Crippen molar-refractivity contribution in [2.24, 2.45) is 7.05 Å². The Kier molecular flexibility index (Phi) is 1.92. The van der Waals surface area contributed by atoms with Gasteiger partial charge in [-0.3, -0.25) is 9.78 Å². The quantitative estimate of drug-likeness (QED) is 0.658. The van der Waals surface area contributed by atoms with E-state index in [0.717, 1.165) is 4.57 Å². The Hall–Kier alpha value is -1.56. The first-order valence-electron chi connectivity index (χ1n) is 3.85. The summed E-state index contributed by atoms with van der Waals surface area (Å²) in [4.78, 5) is 29.3. The predicted octanol–water partition coefficient (Wildman–Crippen LogP) is -0.380. The smallest absolute Gasteiger partial charge is 0.328 e. The number of rotatable bonds is 1. The maximum atomic E-state index is 11.7. The van der Waals surface area contributed by atoms with E-state index in [1.807, 2.05) is 0 Å². The second-order valence-electron chi connectivity index (χ2n) is 2.84. The van der Waals surface area contributed by atoms with E-state index in [0.29, 0.717) is 5.52 Å². The van der Waals surface area contributed by atoms with Crippen molar-refractivity contribution in [3.63, 3.8) is 0 Å². The first kappa shape index (κ1) is 9.01. The molecule has 0 radical (unpaired) electrons. The number of aryl methyl sites for hydroxylation is 1. The third-order valence-electron chi connectivity index (χ3n) is 1.97. The molecular formula is C7H7ClN4O2. The summed E-state index contributed by atoms with van der Waals surface area (Å²) in [7, 11) is 1.67. The van der Waals surface area contributed by atoms with Crippen LogP contribution in [0.5, 0.6) is 0 Å². The van der Waals surface area contributed by atoms with E-state index in [2.05, 4.69) is 9.97 Å². The molecule has 0 saturated carbocycles. The normalized spacial score (nSPS) is 11.0. The zero-order valence-corrected chi connectivity index (χ0v) is 8.08. The molecular weight excluding hydrogens is 208 g/mol. The van der Waals surface area contributed by atoms with E-state index in [-0.39, 0.29) is 11.7 Å². The van der Waals surface area contributed by atoms with Gasteiger partial charge in [-0.05, 0) is 0 Å². The highest BCUT2D eigenvalue weighted by Gasteiger charge is 2.09. The van der Waals surface area contributed by atoms with Crippen molar-refractivity contribution >= 4 is 22.8 Å². The van der Waals surface area contributed by atoms with Crippen LogP contribution in [0.3, 0.4) is 0 Å². The molecule has 0 unspecified atom stereocenters. The Morgan fingerprint density at radius 3 is 2.93 bits per heavy atom. The predicted molar refractivity (Wildman–Crippen MR) is 51.4 cm³/mol. The van der Waals surface area contributed by atoms with Gasteiger partial charge in [-0.25, -0.2) is 14.3 Å². The fourth-order valence-corrected chi connectivity index (χ4v) is 1.49. The lowest BCUT2D eigenvalue weighted by atomic mass is 10.5. The number of hydrogen-bond donors (Lipinski definition) is 1. The number of aromatic amines is 1. The number of alkyl halides is 1. The van der Waals surface area contributed by atoms with Crippen LogP contribution < -0.4 is 11.2 Å². The Labute approximate surface area is 82.8 Å². The van der Waals surface area contributed by atoms with E-state index >= 15 is 0 Å². The van der Waals surface area contributed by atoms with Crippen LogP contribution in [0.2, 0.25) is 0 Å². The lowest BCUT2D eigenvalue weighted by Gasteiger charge is -1.99. The SMILES string of the molecule is Cn1cnc2[nH]c(=O)n(CCl)c(=O)c21. The van der Waals surface area contributed by atoms with E-state index in [4.69, 9.17) is 11.6 Å². The van der Waals surface area contributed by atoms with Crippen LogP contribution in [0.25, 0.3) is 11.2 Å². The van der Waals surface area contributed by atoms with Gasteiger partial charge in [-0.2, -0.15) is 0 Å². The maximum Gasteiger partial charge on any atom is 0.331 e. The van der Waals surface area contributed by atoms with Crippen LogP contribution in [0.4, 0.5) is 0 Å². The minimum atomic E-state index is -0.545. The van der Waals surface area contributed by atoms with Gasteiger partial charge >= 0.3 is 5.69 Å². The molecule has 1 N–H and O–H groups in total. The van der Waals surface area contributed by atoms with Gasteiger partial charge in [-0.15, -0.1) is 11.6 Å². The van der Waals surface area contributed by atoms with E-state index < -0.39 is 11.2 Å². The number of H-pyrrole nitrogens is 1. The molecule has 14 heavy (non-hydrogen) atoms. The molecule has 2 aromatic rings. The van der Waals surface area contributed by atoms with Crippen LogP contribution in [-0.2, 0) is 13.1 Å². The van der Waals surface area contributed by atoms with Gasteiger partial charge in [0.05, 0.1) is 6.33 Å². The van der Waals surface area contributed by atoms with Gasteiger partial charge in [0, 0.05) is 7.05 Å². The van der Waals surface area contributed by atoms with E-state index in [1.54, 1.807) is 7.05 Å². The van der Waals surface area contributed by atoms with Crippen LogP contribution in [0.1, 0.15) is 0 Å². The number of aromatic nitrogens is 4. The van der Waals surface area contributed by atoms with Crippen LogP contribution in [0, 0.1) is 0 Å². The molecule has 0 aromatic carbocycles. The maximum absolute atomic E-state index is 11.7. The van der Waals surface area contributed by atoms with Crippen molar-refractivity contribution in [3.05, 3.63) is 27.2 Å². The van der Waals surface area contributed by atoms with Gasteiger partial charge in [-0.1, -0.05) is 0 Å². The summed E-state index contributed by atoms with van der Waals surface area (Å²) in [5, 5.41) is 0. The van der Waals surface area contributed by atoms with Gasteiger partial charge in [0.15, 0.2) is 11.2 Å². The average Bonchev–Trinajstić information content (AvgIpc) is 2.48. The summed E-state index contributed by atoms with van der Waals surface area (Å²) in [6.45, 7) is 0. The van der Waals surface area contributed by atoms with Crippen LogP contribution in [-0.4, -0.2) is 19.1 Å². The number of nitrogens with zero attached hydrogens (tertiary/aromatic N) is 3. The van der Waals surface area contributed by atoms with Crippen molar-refractivity contribution in [2.45, 2.75) is 6.00 Å². The first-order valence-corrected chi connectivity index (χ1v) is 4.38. The zero-order chi connectivity index (χ0) is 10.3. The third-order valence-corrected chi connectivity index (χ3v) is 2.21. The Morgan fingerprint density at radius 1 is 1.57 bits per heavy atom. The molecule has 0 atom stereocenters. The van der Waals surface area contributed by atoms with Crippen molar-refractivity contribution in [3.8, 4) is 0 Å². The zero-order valence-electron chi connectivity index (χ0n) is 7.32. The van der Waals surface area contributed by atoms with Crippen molar-refractivity contribution in [1.29, 1.82) is 0 Å². The molecule has 2 aromatic heterocycles.